The third-order valence-electron chi connectivity index (χ3n) is 4.66. The first-order valence-electron chi connectivity index (χ1n) is 7.01. The molecule has 0 unspecified atom stereocenters. The SMILES string of the molecule is CCC1(CC)c2cc(Cl)ccc2-c2ccc(C#N)cc21. The Morgan fingerprint density at radius 1 is 1.00 bits per heavy atom. The number of nitrogens with zero attached hydrogens (tertiary/aromatic N) is 1. The maximum Gasteiger partial charge on any atom is 0.0991 e. The first-order valence-corrected chi connectivity index (χ1v) is 7.39. The van der Waals surface area contributed by atoms with Crippen molar-refractivity contribution in [2.75, 3.05) is 0 Å². The zero-order valence-electron chi connectivity index (χ0n) is 11.7. The summed E-state index contributed by atoms with van der Waals surface area (Å²) in [6.45, 7) is 4.42. The second kappa shape index (κ2) is 4.65. The summed E-state index contributed by atoms with van der Waals surface area (Å²) in [5.74, 6) is 0. The molecule has 100 valence electrons. The third kappa shape index (κ3) is 1.62. The van der Waals surface area contributed by atoms with Crippen LogP contribution in [0.4, 0.5) is 0 Å². The second-order valence-corrected chi connectivity index (χ2v) is 5.79. The van der Waals surface area contributed by atoms with Crippen LogP contribution in [0.1, 0.15) is 43.4 Å². The Kier molecular flexibility index (Phi) is 3.07. The fourth-order valence-electron chi connectivity index (χ4n) is 3.55. The number of benzene rings is 2. The summed E-state index contributed by atoms with van der Waals surface area (Å²) in [5, 5.41) is 9.96. The molecular weight excluding hydrogens is 266 g/mol. The van der Waals surface area contributed by atoms with Gasteiger partial charge in [-0.05, 0) is 59.4 Å². The summed E-state index contributed by atoms with van der Waals surface area (Å²) < 4.78 is 0. The van der Waals surface area contributed by atoms with Crippen molar-refractivity contribution in [2.24, 2.45) is 0 Å². The highest BCUT2D eigenvalue weighted by molar-refractivity contribution is 6.30. The van der Waals surface area contributed by atoms with Gasteiger partial charge in [-0.15, -0.1) is 0 Å². The minimum absolute atomic E-state index is 0.0115. The molecule has 0 amide bonds. The van der Waals surface area contributed by atoms with Crippen LogP contribution in [0.2, 0.25) is 5.02 Å². The average molecular weight is 282 g/mol. The van der Waals surface area contributed by atoms with E-state index in [1.165, 1.54) is 22.3 Å². The standard InChI is InChI=1S/C18H16ClN/c1-3-18(4-2)16-9-12(11-20)5-7-14(16)15-8-6-13(19)10-17(15)18/h5-10H,3-4H2,1-2H3. The molecule has 0 aromatic heterocycles. The minimum atomic E-state index is -0.0115. The Morgan fingerprint density at radius 3 is 2.20 bits per heavy atom. The van der Waals surface area contributed by atoms with Crippen molar-refractivity contribution in [3.63, 3.8) is 0 Å². The second-order valence-electron chi connectivity index (χ2n) is 5.35. The van der Waals surface area contributed by atoms with Gasteiger partial charge in [0.05, 0.1) is 11.6 Å². The summed E-state index contributed by atoms with van der Waals surface area (Å²) in [6, 6.07) is 14.4. The Balaban J connectivity index is 2.37. The summed E-state index contributed by atoms with van der Waals surface area (Å²) in [6.07, 6.45) is 2.03. The van der Waals surface area contributed by atoms with E-state index in [-0.39, 0.29) is 5.41 Å². The van der Waals surface area contributed by atoms with E-state index in [4.69, 9.17) is 11.6 Å². The van der Waals surface area contributed by atoms with Crippen LogP contribution in [-0.4, -0.2) is 0 Å². The molecule has 0 N–H and O–H groups in total. The van der Waals surface area contributed by atoms with Crippen molar-refractivity contribution in [1.82, 2.24) is 0 Å². The van der Waals surface area contributed by atoms with Crippen molar-refractivity contribution < 1.29 is 0 Å². The first kappa shape index (κ1) is 13.2. The molecule has 20 heavy (non-hydrogen) atoms. The lowest BCUT2D eigenvalue weighted by atomic mass is 9.73. The van der Waals surface area contributed by atoms with E-state index in [0.717, 1.165) is 23.4 Å². The first-order chi connectivity index (χ1) is 9.66. The molecule has 0 saturated carbocycles. The van der Waals surface area contributed by atoms with Crippen LogP contribution in [0.15, 0.2) is 36.4 Å². The smallest absolute Gasteiger partial charge is 0.0991 e. The molecule has 0 heterocycles. The summed E-state index contributed by atoms with van der Waals surface area (Å²) >= 11 is 6.21. The maximum atomic E-state index is 9.17. The van der Waals surface area contributed by atoms with E-state index in [9.17, 15) is 5.26 Å². The molecule has 0 bridgehead atoms. The van der Waals surface area contributed by atoms with Crippen molar-refractivity contribution >= 4 is 11.6 Å². The lowest BCUT2D eigenvalue weighted by Crippen LogP contribution is -2.23. The number of hydrogen-bond acceptors (Lipinski definition) is 1. The fourth-order valence-corrected chi connectivity index (χ4v) is 3.72. The van der Waals surface area contributed by atoms with E-state index < -0.39 is 0 Å². The molecule has 1 aliphatic carbocycles. The van der Waals surface area contributed by atoms with Gasteiger partial charge < -0.3 is 0 Å². The summed E-state index contributed by atoms with van der Waals surface area (Å²) in [5.41, 5.74) is 5.81. The van der Waals surface area contributed by atoms with Gasteiger partial charge >= 0.3 is 0 Å². The largest absolute Gasteiger partial charge is 0.192 e. The molecular formula is C18H16ClN. The van der Waals surface area contributed by atoms with Gasteiger partial charge in [0.2, 0.25) is 0 Å². The number of fused-ring (bicyclic) bond motifs is 3. The van der Waals surface area contributed by atoms with Crippen LogP contribution in [0.3, 0.4) is 0 Å². The molecule has 2 aromatic rings. The highest BCUT2D eigenvalue weighted by atomic mass is 35.5. The van der Waals surface area contributed by atoms with Crippen molar-refractivity contribution in [3.8, 4) is 17.2 Å². The zero-order chi connectivity index (χ0) is 14.3. The Labute approximate surface area is 124 Å². The van der Waals surface area contributed by atoms with Crippen LogP contribution < -0.4 is 0 Å². The Morgan fingerprint density at radius 2 is 1.60 bits per heavy atom. The summed E-state index contributed by atoms with van der Waals surface area (Å²) in [4.78, 5) is 0. The van der Waals surface area contributed by atoms with Crippen molar-refractivity contribution in [2.45, 2.75) is 32.1 Å². The number of hydrogen-bond donors (Lipinski definition) is 0. The highest BCUT2D eigenvalue weighted by Crippen LogP contribution is 2.53. The van der Waals surface area contributed by atoms with Gasteiger partial charge in [-0.25, -0.2) is 0 Å². The molecule has 0 saturated heterocycles. The third-order valence-corrected chi connectivity index (χ3v) is 4.89. The minimum Gasteiger partial charge on any atom is -0.192 e. The van der Waals surface area contributed by atoms with Crippen molar-refractivity contribution in [1.29, 1.82) is 5.26 Å². The molecule has 1 aliphatic rings. The highest BCUT2D eigenvalue weighted by Gasteiger charge is 2.40. The van der Waals surface area contributed by atoms with Crippen LogP contribution in [0.5, 0.6) is 0 Å². The monoisotopic (exact) mass is 281 g/mol. The fraction of sp³-hybridized carbons (Fsp3) is 0.278. The van der Waals surface area contributed by atoms with Gasteiger partial charge in [0.25, 0.3) is 0 Å². The lowest BCUT2D eigenvalue weighted by Gasteiger charge is -2.29. The predicted octanol–water partition coefficient (Wildman–Crippen LogP) is 5.30. The predicted molar refractivity (Wildman–Crippen MR) is 83.0 cm³/mol. The van der Waals surface area contributed by atoms with Gasteiger partial charge in [0, 0.05) is 10.4 Å². The van der Waals surface area contributed by atoms with E-state index in [1.54, 1.807) is 0 Å². The Hall–Kier alpha value is -1.78. The molecule has 3 rings (SSSR count). The Bertz CT molecular complexity index is 721. The van der Waals surface area contributed by atoms with Crippen LogP contribution >= 0.6 is 11.6 Å². The lowest BCUT2D eigenvalue weighted by molar-refractivity contribution is 0.490. The van der Waals surface area contributed by atoms with Crippen LogP contribution in [0.25, 0.3) is 11.1 Å². The van der Waals surface area contributed by atoms with E-state index in [0.29, 0.717) is 0 Å². The van der Waals surface area contributed by atoms with Gasteiger partial charge in [-0.2, -0.15) is 5.26 Å². The van der Waals surface area contributed by atoms with Gasteiger partial charge in [0.1, 0.15) is 0 Å². The molecule has 1 nitrogen and oxygen atoms in total. The molecule has 2 aromatic carbocycles. The normalized spacial score (nSPS) is 14.5. The quantitative estimate of drug-likeness (QED) is 0.733. The number of halogens is 1. The van der Waals surface area contributed by atoms with E-state index in [1.807, 2.05) is 12.1 Å². The van der Waals surface area contributed by atoms with Crippen molar-refractivity contribution in [3.05, 3.63) is 58.1 Å². The summed E-state index contributed by atoms with van der Waals surface area (Å²) in [7, 11) is 0. The van der Waals surface area contributed by atoms with Crippen LogP contribution in [-0.2, 0) is 5.41 Å². The van der Waals surface area contributed by atoms with E-state index >= 15 is 0 Å². The molecule has 0 spiro atoms. The topological polar surface area (TPSA) is 23.8 Å². The van der Waals surface area contributed by atoms with Crippen LogP contribution in [0, 0.1) is 11.3 Å². The molecule has 0 fully saturated rings. The molecule has 2 heteroatoms. The average Bonchev–Trinajstić information content (AvgIpc) is 2.76. The molecule has 0 aliphatic heterocycles. The van der Waals surface area contributed by atoms with Gasteiger partial charge in [0.15, 0.2) is 0 Å². The zero-order valence-corrected chi connectivity index (χ0v) is 12.5. The van der Waals surface area contributed by atoms with Gasteiger partial charge in [-0.1, -0.05) is 37.6 Å². The molecule has 0 atom stereocenters. The van der Waals surface area contributed by atoms with Gasteiger partial charge in [-0.3, -0.25) is 0 Å². The van der Waals surface area contributed by atoms with E-state index in [2.05, 4.69) is 44.2 Å². The number of nitriles is 1. The number of rotatable bonds is 2. The molecule has 0 radical (unpaired) electrons. The maximum absolute atomic E-state index is 9.17.